The third-order valence-corrected chi connectivity index (χ3v) is 24.2. The molecule has 0 bridgehead atoms. The number of nitrogens with one attached hydrogen (secondary N) is 5. The predicted octanol–water partition coefficient (Wildman–Crippen LogP) is 23.3. The highest BCUT2D eigenvalue weighted by Gasteiger charge is 2.31. The number of aliphatic imine (C=N–C) groups is 5. The second-order valence-corrected chi connectivity index (χ2v) is 36.2. The first-order valence-electron chi connectivity index (χ1n) is 43.7. The number of nitrogens with two attached hydrogens (primary N) is 5. The fourth-order valence-electron chi connectivity index (χ4n) is 13.3. The summed E-state index contributed by atoms with van der Waals surface area (Å²) in [5.41, 5.74) is 36.9. The van der Waals surface area contributed by atoms with Gasteiger partial charge >= 0.3 is 0 Å². The third kappa shape index (κ3) is 34.5. The van der Waals surface area contributed by atoms with E-state index in [0.717, 1.165) is 0 Å². The zero-order valence-electron chi connectivity index (χ0n) is 76.5. The van der Waals surface area contributed by atoms with Gasteiger partial charge in [0.05, 0.1) is 20.1 Å². The number of carbonyl (C=O) groups excluding carboxylic acids is 10. The Labute approximate surface area is 904 Å². The summed E-state index contributed by atoms with van der Waals surface area (Å²) < 4.78 is 0. The van der Waals surface area contributed by atoms with Crippen LogP contribution in [0.1, 0.15) is 138 Å². The van der Waals surface area contributed by atoms with Crippen molar-refractivity contribution in [3.05, 3.63) is 526 Å². The Bertz CT molecular complexity index is 7400. The fraction of sp³-hybridized carbons (Fsp3) is 0.0455. The molecular weight excluding hydrogens is 2120 g/mol. The Kier molecular flexibility index (Phi) is 42.6. The molecule has 0 heterocycles. The van der Waals surface area contributed by atoms with Crippen LogP contribution >= 0.6 is 139 Å². The van der Waals surface area contributed by atoms with E-state index in [1.54, 1.807) is 309 Å². The van der Waals surface area contributed by atoms with Gasteiger partial charge in [-0.15, -0.1) is 0 Å². The van der Waals surface area contributed by atoms with Gasteiger partial charge in [0.15, 0.2) is 0 Å². The average molecular weight is 2200 g/mol. The van der Waals surface area contributed by atoms with Crippen molar-refractivity contribution in [2.75, 3.05) is 0 Å². The highest BCUT2D eigenvalue weighted by Crippen LogP contribution is 2.30. The summed E-state index contributed by atoms with van der Waals surface area (Å²) in [6.45, 7) is 0. The van der Waals surface area contributed by atoms with Crippen molar-refractivity contribution in [2.24, 2.45) is 53.6 Å². The van der Waals surface area contributed by atoms with Crippen LogP contribution in [-0.4, -0.2) is 88.2 Å². The molecule has 15 rings (SSSR count). The number of hydrogen-bond acceptors (Lipinski definition) is 10. The van der Waals surface area contributed by atoms with Gasteiger partial charge < -0.3 is 55.3 Å². The highest BCUT2D eigenvalue weighted by molar-refractivity contribution is 6.43. The summed E-state index contributed by atoms with van der Waals surface area (Å²) in [5.74, 6) is -5.28. The molecule has 0 saturated heterocycles. The van der Waals surface area contributed by atoms with E-state index >= 15 is 0 Å². The molecule has 5 atom stereocenters. The summed E-state index contributed by atoms with van der Waals surface area (Å²) in [5, 5.41) is 18.4. The minimum atomic E-state index is -1.10. The van der Waals surface area contributed by atoms with Crippen LogP contribution in [0.3, 0.4) is 0 Å². The van der Waals surface area contributed by atoms with Crippen LogP contribution in [-0.2, 0) is 24.0 Å². The molecule has 147 heavy (non-hydrogen) atoms. The molecule has 5 unspecified atom stereocenters. The van der Waals surface area contributed by atoms with Crippen molar-refractivity contribution in [3.8, 4) is 0 Å². The van der Waals surface area contributed by atoms with Gasteiger partial charge in [-0.1, -0.05) is 327 Å². The summed E-state index contributed by atoms with van der Waals surface area (Å²) in [6, 6.07) is 100. The monoisotopic (exact) mass is 2190 g/mol. The molecule has 37 heteroatoms. The van der Waals surface area contributed by atoms with Crippen molar-refractivity contribution in [2.45, 2.75) is 30.2 Å². The number of amides is 10. The van der Waals surface area contributed by atoms with Gasteiger partial charge in [-0.25, -0.2) is 0 Å². The SMILES string of the molecule is NC(=NC(=O)C(NC(=O)c1ccc(Cl)c(Cl)c1)c1cccc(Cl)c1)c1ccccc1.NC(=NC(=O)C(NC(=O)c1ccc(Cl)c(Cl)c1)c1ccccc1)c1ccc(Cl)cc1.NC(=NC(=O)C(NC(=O)c1ccc(Cl)cc1)c1ccccc1)c1ccc(Cl)cc1.NC(=NC(=O)C(NC(=O)c1cccc(Cl)c1)c1cccc(Cl)c1)c1ccccc1.NC(=NC(=O)C(NC(=O)c1cccc(Cl)c1)c1ccccc1)c1ccc(Cl)cc1. The molecule has 0 radical (unpaired) electrons. The fourth-order valence-corrected chi connectivity index (χ4v) is 15.2. The number of rotatable bonds is 25. The van der Waals surface area contributed by atoms with Gasteiger partial charge in [0.1, 0.15) is 59.4 Å². The van der Waals surface area contributed by atoms with Crippen molar-refractivity contribution in [1.82, 2.24) is 26.6 Å². The van der Waals surface area contributed by atoms with Crippen LogP contribution in [0.5, 0.6) is 0 Å². The Morgan fingerprint density at radius 1 is 0.170 bits per heavy atom. The minimum Gasteiger partial charge on any atom is -0.383 e. The Morgan fingerprint density at radius 2 is 0.354 bits per heavy atom. The van der Waals surface area contributed by atoms with Gasteiger partial charge in [-0.2, -0.15) is 25.0 Å². The summed E-state index contributed by atoms with van der Waals surface area (Å²) in [6.07, 6.45) is 0. The summed E-state index contributed by atoms with van der Waals surface area (Å²) >= 11 is 71.4. The molecule has 0 saturated carbocycles. The largest absolute Gasteiger partial charge is 0.383 e. The third-order valence-electron chi connectivity index (χ3n) is 20.7. The first kappa shape index (κ1) is 112. The molecule has 742 valence electrons. The maximum Gasteiger partial charge on any atom is 0.274 e. The molecule has 15 aromatic carbocycles. The molecule has 0 aliphatic carbocycles. The Morgan fingerprint density at radius 3 is 0.592 bits per heavy atom. The van der Waals surface area contributed by atoms with Gasteiger partial charge in [-0.3, -0.25) is 47.9 Å². The molecule has 0 aliphatic heterocycles. The topological polar surface area (TPSA) is 423 Å². The van der Waals surface area contributed by atoms with Crippen molar-refractivity contribution in [3.63, 3.8) is 0 Å². The van der Waals surface area contributed by atoms with Crippen LogP contribution in [0.15, 0.2) is 407 Å². The van der Waals surface area contributed by atoms with E-state index in [2.05, 4.69) is 51.5 Å². The number of hydrogen-bond donors (Lipinski definition) is 10. The summed E-state index contributed by atoms with van der Waals surface area (Å²) in [4.78, 5) is 148. The first-order valence-corrected chi connectivity index (χ1v) is 48.2. The lowest BCUT2D eigenvalue weighted by Crippen LogP contribution is -2.34. The molecule has 0 fully saturated rings. The van der Waals surface area contributed by atoms with E-state index in [-0.39, 0.29) is 50.4 Å². The number of benzene rings is 15. The lowest BCUT2D eigenvalue weighted by molar-refractivity contribution is -0.120. The second kappa shape index (κ2) is 55.8. The lowest BCUT2D eigenvalue weighted by Gasteiger charge is -2.17. The highest BCUT2D eigenvalue weighted by atomic mass is 35.5. The van der Waals surface area contributed by atoms with E-state index in [1.807, 2.05) is 24.3 Å². The smallest absolute Gasteiger partial charge is 0.274 e. The standard InChI is InChI=1S/2C22H16Cl3N3O2.3C22H17Cl2N3O2/c23-16-8-4-7-14(11-16)19(22(30)28-20(26)13-5-2-1-3-6-13)27-21(29)15-9-10-17(24)18(25)12-15;23-16-9-6-14(7-10-16)20(26)28-22(30)19(13-4-2-1-3-5-13)27-21(29)15-8-11-17(24)18(25)12-15;23-17-10-4-8-15(12-17)19(26-21(28)16-9-5-11-18(24)13-16)22(29)27-20(25)14-6-2-1-3-7-14;23-17-11-9-15(10-12-17)20(25)27-22(29)19(14-5-2-1-3-6-14)26-21(28)16-7-4-8-18(24)13-16;23-17-10-6-15(7-11-17)20(25)27-22(29)19(14-4-2-1-3-5-14)26-21(28)16-8-12-18(24)13-9-16/h2*1-12,19H,(H,27,29)(H2,26,28,30);3*1-13,19H,(H,26,28)(H2,25,27,29). The van der Waals surface area contributed by atoms with E-state index in [1.165, 1.54) is 48.5 Å². The molecule has 15 N–H and O–H groups in total. The number of amidine groups is 5. The average Bonchev–Trinajstić information content (AvgIpc) is 0.831. The summed E-state index contributed by atoms with van der Waals surface area (Å²) in [7, 11) is 0. The van der Waals surface area contributed by atoms with Gasteiger partial charge in [0.25, 0.3) is 59.1 Å². The van der Waals surface area contributed by atoms with Crippen LogP contribution in [0.4, 0.5) is 0 Å². The van der Waals surface area contributed by atoms with Crippen molar-refractivity contribution < 1.29 is 47.9 Å². The van der Waals surface area contributed by atoms with E-state index < -0.39 is 89.3 Å². The molecule has 0 spiro atoms. The van der Waals surface area contributed by atoms with E-state index in [0.29, 0.717) is 123 Å². The second-order valence-electron chi connectivity index (χ2n) is 31.1. The van der Waals surface area contributed by atoms with E-state index in [9.17, 15) is 47.9 Å². The molecule has 0 aromatic heterocycles. The number of halogens is 12. The molecular formula is C110H83Cl12N15O10. The number of carbonyl (C=O) groups is 10. The normalized spacial score (nSPS) is 12.3. The quantitative estimate of drug-likeness (QED) is 0.0188. The minimum absolute atomic E-state index is 0.0152. The van der Waals surface area contributed by atoms with Crippen LogP contribution < -0.4 is 55.3 Å². The van der Waals surface area contributed by atoms with E-state index in [4.69, 9.17) is 168 Å². The Hall–Kier alpha value is -15.2. The molecule has 15 aromatic rings. The molecule has 0 aliphatic rings. The zero-order chi connectivity index (χ0) is 106. The maximum absolute atomic E-state index is 13.0. The van der Waals surface area contributed by atoms with Crippen LogP contribution in [0, 0.1) is 0 Å². The van der Waals surface area contributed by atoms with Crippen molar-refractivity contribution >= 4 is 227 Å². The lowest BCUT2D eigenvalue weighted by atomic mass is 10.1. The molecule has 10 amide bonds. The number of nitrogens with zero attached hydrogens (tertiary/aromatic N) is 5. The van der Waals surface area contributed by atoms with Crippen molar-refractivity contribution in [1.29, 1.82) is 0 Å². The van der Waals surface area contributed by atoms with Gasteiger partial charge in [0.2, 0.25) is 0 Å². The first-order chi connectivity index (χ1) is 70.5. The maximum atomic E-state index is 13.0. The van der Waals surface area contributed by atoms with Crippen LogP contribution in [0.25, 0.3) is 0 Å². The van der Waals surface area contributed by atoms with Crippen LogP contribution in [0.2, 0.25) is 60.3 Å². The van der Waals surface area contributed by atoms with Gasteiger partial charge in [-0.05, 0) is 222 Å². The Balaban J connectivity index is 0.000000175. The van der Waals surface area contributed by atoms with Gasteiger partial charge in [0, 0.05) is 95.8 Å². The molecule has 25 nitrogen and oxygen atoms in total. The zero-order valence-corrected chi connectivity index (χ0v) is 85.6. The predicted molar refractivity (Wildman–Crippen MR) is 586 cm³/mol.